The Balaban J connectivity index is 1.95. The lowest BCUT2D eigenvalue weighted by molar-refractivity contribution is -0.211. The number of carbonyl (C=O) groups excluding carboxylic acids is 1. The van der Waals surface area contributed by atoms with Crippen molar-refractivity contribution in [3.63, 3.8) is 0 Å². The number of carbonyl (C=O) groups is 1. The highest BCUT2D eigenvalue weighted by Crippen LogP contribution is 2.59. The second-order valence-electron chi connectivity index (χ2n) is 6.42. The minimum Gasteiger partial charge on any atom is -0.390 e. The summed E-state index contributed by atoms with van der Waals surface area (Å²) in [6, 6.07) is 0. The maximum absolute atomic E-state index is 11.3. The Hall–Kier alpha value is -0.610. The Morgan fingerprint density at radius 1 is 1.12 bits per heavy atom. The van der Waals surface area contributed by atoms with Crippen molar-refractivity contribution in [1.82, 2.24) is 5.32 Å². The van der Waals surface area contributed by atoms with Crippen LogP contribution < -0.4 is 5.32 Å². The monoisotopic (exact) mass is 225 g/mol. The molecule has 4 aliphatic carbocycles. The Bertz CT molecular complexity index is 336. The standard InChI is InChI=1S/C12H19NO3/c1-8(14)13-10-2-9-3-11(15,5-10)7-12(16,4-9)6-10/h9,15-16H,2-7H2,1H3,(H,13,14). The van der Waals surface area contributed by atoms with E-state index in [1.807, 2.05) is 0 Å². The average molecular weight is 225 g/mol. The molecule has 0 aromatic heterocycles. The Morgan fingerprint density at radius 3 is 2.12 bits per heavy atom. The van der Waals surface area contributed by atoms with Crippen LogP contribution in [0.15, 0.2) is 0 Å². The van der Waals surface area contributed by atoms with Gasteiger partial charge in [0.05, 0.1) is 11.2 Å². The second kappa shape index (κ2) is 2.79. The van der Waals surface area contributed by atoms with Gasteiger partial charge in [0, 0.05) is 18.9 Å². The van der Waals surface area contributed by atoms with E-state index in [4.69, 9.17) is 0 Å². The Kier molecular flexibility index (Phi) is 1.84. The molecule has 3 N–H and O–H groups in total. The summed E-state index contributed by atoms with van der Waals surface area (Å²) in [5.41, 5.74) is -1.86. The molecular formula is C12H19NO3. The third-order valence-corrected chi connectivity index (χ3v) is 4.45. The van der Waals surface area contributed by atoms with Gasteiger partial charge in [-0.15, -0.1) is 0 Å². The molecule has 0 heterocycles. The molecule has 2 unspecified atom stereocenters. The molecule has 0 aromatic carbocycles. The summed E-state index contributed by atoms with van der Waals surface area (Å²) in [5, 5.41) is 23.8. The van der Waals surface area contributed by atoms with Crippen LogP contribution in [0.2, 0.25) is 0 Å². The van der Waals surface area contributed by atoms with Gasteiger partial charge in [0.1, 0.15) is 0 Å². The molecule has 0 spiro atoms. The van der Waals surface area contributed by atoms with Crippen LogP contribution in [0.5, 0.6) is 0 Å². The molecular weight excluding hydrogens is 206 g/mol. The number of aliphatic hydroxyl groups is 2. The molecule has 0 aromatic rings. The van der Waals surface area contributed by atoms with Gasteiger partial charge in [-0.05, 0) is 38.0 Å². The van der Waals surface area contributed by atoms with Crippen molar-refractivity contribution in [2.24, 2.45) is 5.92 Å². The maximum atomic E-state index is 11.3. The fourth-order valence-corrected chi connectivity index (χ4v) is 4.85. The van der Waals surface area contributed by atoms with E-state index < -0.39 is 11.2 Å². The predicted octanol–water partition coefficient (Wildman–Crippen LogP) is 0.321. The molecule has 4 rings (SSSR count). The highest BCUT2D eigenvalue weighted by molar-refractivity contribution is 5.74. The van der Waals surface area contributed by atoms with E-state index in [9.17, 15) is 15.0 Å². The molecule has 4 heteroatoms. The smallest absolute Gasteiger partial charge is 0.217 e. The normalized spacial score (nSPS) is 54.1. The summed E-state index contributed by atoms with van der Waals surface area (Å²) in [4.78, 5) is 11.3. The Labute approximate surface area is 95.0 Å². The van der Waals surface area contributed by atoms with Gasteiger partial charge in [-0.1, -0.05) is 0 Å². The molecule has 4 bridgehead atoms. The zero-order chi connectivity index (χ0) is 11.6. The summed E-state index contributed by atoms with van der Waals surface area (Å²) >= 11 is 0. The van der Waals surface area contributed by atoms with Crippen LogP contribution >= 0.6 is 0 Å². The summed E-state index contributed by atoms with van der Waals surface area (Å²) < 4.78 is 0. The largest absolute Gasteiger partial charge is 0.390 e. The SMILES string of the molecule is CC(=O)NC12CC3CC(O)(CC(O)(C3)C1)C2. The van der Waals surface area contributed by atoms with E-state index in [1.54, 1.807) is 0 Å². The minimum absolute atomic E-state index is 0.0610. The maximum Gasteiger partial charge on any atom is 0.217 e. The van der Waals surface area contributed by atoms with Gasteiger partial charge in [-0.3, -0.25) is 4.79 Å². The first-order valence-electron chi connectivity index (χ1n) is 6.06. The second-order valence-corrected chi connectivity index (χ2v) is 6.42. The van der Waals surface area contributed by atoms with E-state index in [2.05, 4.69) is 5.32 Å². The first-order valence-corrected chi connectivity index (χ1v) is 6.06. The average Bonchev–Trinajstić information content (AvgIpc) is 1.91. The van der Waals surface area contributed by atoms with Crippen molar-refractivity contribution in [3.8, 4) is 0 Å². The summed E-state index contributed by atoms with van der Waals surface area (Å²) in [5.74, 6) is 0.298. The summed E-state index contributed by atoms with van der Waals surface area (Å²) in [6.07, 6.45) is 4.19. The molecule has 2 atom stereocenters. The molecule has 0 aliphatic heterocycles. The minimum atomic E-state index is -0.753. The van der Waals surface area contributed by atoms with Gasteiger partial charge in [-0.25, -0.2) is 0 Å². The lowest BCUT2D eigenvalue weighted by Gasteiger charge is -2.63. The lowest BCUT2D eigenvalue weighted by Crippen LogP contribution is -2.70. The van der Waals surface area contributed by atoms with Gasteiger partial charge >= 0.3 is 0 Å². The van der Waals surface area contributed by atoms with E-state index in [0.29, 0.717) is 25.2 Å². The molecule has 0 radical (unpaired) electrons. The number of hydrogen-bond acceptors (Lipinski definition) is 3. The van der Waals surface area contributed by atoms with E-state index in [0.717, 1.165) is 19.3 Å². The van der Waals surface area contributed by atoms with Gasteiger partial charge in [-0.2, -0.15) is 0 Å². The zero-order valence-corrected chi connectivity index (χ0v) is 9.62. The Morgan fingerprint density at radius 2 is 1.69 bits per heavy atom. The summed E-state index contributed by atoms with van der Waals surface area (Å²) in [7, 11) is 0. The third-order valence-electron chi connectivity index (χ3n) is 4.45. The lowest BCUT2D eigenvalue weighted by atomic mass is 9.49. The van der Waals surface area contributed by atoms with Crippen LogP contribution in [0.25, 0.3) is 0 Å². The highest BCUT2D eigenvalue weighted by Gasteiger charge is 2.62. The fraction of sp³-hybridized carbons (Fsp3) is 0.917. The number of nitrogens with one attached hydrogen (secondary N) is 1. The molecule has 4 fully saturated rings. The van der Waals surface area contributed by atoms with Crippen molar-refractivity contribution in [2.45, 2.75) is 62.2 Å². The molecule has 4 saturated carbocycles. The quantitative estimate of drug-likeness (QED) is 0.602. The van der Waals surface area contributed by atoms with Crippen LogP contribution in [0, 0.1) is 5.92 Å². The van der Waals surface area contributed by atoms with E-state index in [-0.39, 0.29) is 11.4 Å². The van der Waals surface area contributed by atoms with Crippen molar-refractivity contribution in [3.05, 3.63) is 0 Å². The first kappa shape index (κ1) is 10.5. The molecule has 4 nitrogen and oxygen atoms in total. The van der Waals surface area contributed by atoms with Crippen molar-refractivity contribution >= 4 is 5.91 Å². The van der Waals surface area contributed by atoms with Gasteiger partial charge in [0.2, 0.25) is 5.91 Å². The fourth-order valence-electron chi connectivity index (χ4n) is 4.85. The third kappa shape index (κ3) is 1.47. The van der Waals surface area contributed by atoms with Crippen LogP contribution in [-0.2, 0) is 4.79 Å². The first-order chi connectivity index (χ1) is 7.32. The highest BCUT2D eigenvalue weighted by atomic mass is 16.3. The van der Waals surface area contributed by atoms with E-state index in [1.165, 1.54) is 6.92 Å². The summed E-state index contributed by atoms with van der Waals surface area (Å²) in [6.45, 7) is 1.51. The van der Waals surface area contributed by atoms with Gasteiger partial charge < -0.3 is 15.5 Å². The molecule has 4 aliphatic rings. The van der Waals surface area contributed by atoms with Crippen molar-refractivity contribution in [1.29, 1.82) is 0 Å². The van der Waals surface area contributed by atoms with Crippen LogP contribution in [-0.4, -0.2) is 32.9 Å². The molecule has 16 heavy (non-hydrogen) atoms. The van der Waals surface area contributed by atoms with Gasteiger partial charge in [0.15, 0.2) is 0 Å². The van der Waals surface area contributed by atoms with E-state index >= 15 is 0 Å². The van der Waals surface area contributed by atoms with Crippen LogP contribution in [0.1, 0.15) is 45.4 Å². The number of amides is 1. The van der Waals surface area contributed by atoms with Crippen molar-refractivity contribution < 1.29 is 15.0 Å². The number of rotatable bonds is 1. The van der Waals surface area contributed by atoms with Crippen LogP contribution in [0.3, 0.4) is 0 Å². The van der Waals surface area contributed by atoms with Crippen LogP contribution in [0.4, 0.5) is 0 Å². The zero-order valence-electron chi connectivity index (χ0n) is 9.62. The molecule has 0 saturated heterocycles. The topological polar surface area (TPSA) is 69.6 Å². The molecule has 90 valence electrons. The predicted molar refractivity (Wildman–Crippen MR) is 57.6 cm³/mol. The van der Waals surface area contributed by atoms with Gasteiger partial charge in [0.25, 0.3) is 0 Å². The number of hydrogen-bond donors (Lipinski definition) is 3. The van der Waals surface area contributed by atoms with Crippen molar-refractivity contribution in [2.75, 3.05) is 0 Å². The molecule has 1 amide bonds.